The monoisotopic (exact) mass is 263 g/mol. The van der Waals surface area contributed by atoms with Gasteiger partial charge in [0, 0.05) is 12.7 Å². The Kier molecular flexibility index (Phi) is 4.30. The molecule has 0 aliphatic rings. The molecule has 1 aromatic carbocycles. The molecule has 0 radical (unpaired) electrons. The molecule has 7 nitrogen and oxygen atoms in total. The Hall–Kier alpha value is -2.15. The third-order valence-electron chi connectivity index (χ3n) is 2.61. The number of rotatable bonds is 6. The van der Waals surface area contributed by atoms with Crippen molar-refractivity contribution in [1.82, 2.24) is 20.2 Å². The molecule has 0 saturated carbocycles. The van der Waals surface area contributed by atoms with Crippen LogP contribution in [-0.4, -0.2) is 40.5 Å². The fraction of sp³-hybridized carbons (Fsp3) is 0.417. The number of nitrogens with two attached hydrogens (primary N) is 1. The van der Waals surface area contributed by atoms with Gasteiger partial charge in [-0.25, -0.2) is 4.68 Å². The number of ether oxygens (including phenoxy) is 2. The standard InChI is InChI=1S/C12H17N5O2/c1-3-19-11-5-4-9(8-10(11)13)12-14-15-16-17(12)6-7-18-2/h4-5,8H,3,6-7,13H2,1-2H3. The van der Waals surface area contributed by atoms with Crippen molar-refractivity contribution < 1.29 is 9.47 Å². The zero-order chi connectivity index (χ0) is 13.7. The number of anilines is 1. The summed E-state index contributed by atoms with van der Waals surface area (Å²) >= 11 is 0. The number of hydrogen-bond donors (Lipinski definition) is 1. The highest BCUT2D eigenvalue weighted by molar-refractivity contribution is 5.66. The van der Waals surface area contributed by atoms with Crippen LogP contribution in [0.4, 0.5) is 5.69 Å². The Morgan fingerprint density at radius 1 is 1.37 bits per heavy atom. The molecule has 7 heteroatoms. The van der Waals surface area contributed by atoms with Gasteiger partial charge in [0.25, 0.3) is 0 Å². The molecule has 0 saturated heterocycles. The summed E-state index contributed by atoms with van der Waals surface area (Å²) in [6.45, 7) is 3.63. The molecule has 0 aliphatic heterocycles. The minimum atomic E-state index is 0.546. The van der Waals surface area contributed by atoms with Crippen LogP contribution < -0.4 is 10.5 Å². The molecular weight excluding hydrogens is 246 g/mol. The number of methoxy groups -OCH3 is 1. The number of nitrogens with zero attached hydrogens (tertiary/aromatic N) is 4. The van der Waals surface area contributed by atoms with E-state index in [1.165, 1.54) is 0 Å². The van der Waals surface area contributed by atoms with Crippen LogP contribution in [-0.2, 0) is 11.3 Å². The largest absolute Gasteiger partial charge is 0.492 e. The zero-order valence-corrected chi connectivity index (χ0v) is 11.0. The second-order valence-corrected chi connectivity index (χ2v) is 3.90. The van der Waals surface area contributed by atoms with E-state index in [-0.39, 0.29) is 0 Å². The average molecular weight is 263 g/mol. The summed E-state index contributed by atoms with van der Waals surface area (Å²) in [5.41, 5.74) is 7.36. The van der Waals surface area contributed by atoms with Crippen molar-refractivity contribution in [3.05, 3.63) is 18.2 Å². The van der Waals surface area contributed by atoms with Gasteiger partial charge in [0.2, 0.25) is 0 Å². The second-order valence-electron chi connectivity index (χ2n) is 3.90. The van der Waals surface area contributed by atoms with Gasteiger partial charge in [-0.15, -0.1) is 5.10 Å². The minimum absolute atomic E-state index is 0.546. The van der Waals surface area contributed by atoms with Gasteiger partial charge in [-0.2, -0.15) is 0 Å². The first-order chi connectivity index (χ1) is 9.26. The van der Waals surface area contributed by atoms with E-state index < -0.39 is 0 Å². The molecule has 0 aliphatic carbocycles. The van der Waals surface area contributed by atoms with Gasteiger partial charge >= 0.3 is 0 Å². The lowest BCUT2D eigenvalue weighted by Crippen LogP contribution is -2.08. The second kappa shape index (κ2) is 6.14. The van der Waals surface area contributed by atoms with Crippen LogP contribution in [0.2, 0.25) is 0 Å². The van der Waals surface area contributed by atoms with E-state index >= 15 is 0 Å². The van der Waals surface area contributed by atoms with E-state index in [4.69, 9.17) is 15.2 Å². The van der Waals surface area contributed by atoms with Gasteiger partial charge in [-0.1, -0.05) is 0 Å². The first-order valence-electron chi connectivity index (χ1n) is 6.04. The molecule has 2 rings (SSSR count). The molecule has 1 aromatic heterocycles. The Morgan fingerprint density at radius 3 is 2.89 bits per heavy atom. The van der Waals surface area contributed by atoms with Crippen molar-refractivity contribution >= 4 is 5.69 Å². The van der Waals surface area contributed by atoms with Gasteiger partial charge in [-0.3, -0.25) is 0 Å². The summed E-state index contributed by atoms with van der Waals surface area (Å²) in [6, 6.07) is 5.51. The summed E-state index contributed by atoms with van der Waals surface area (Å²) in [5.74, 6) is 1.33. The van der Waals surface area contributed by atoms with E-state index in [0.29, 0.717) is 37.0 Å². The summed E-state index contributed by atoms with van der Waals surface area (Å²) in [4.78, 5) is 0. The third kappa shape index (κ3) is 3.00. The molecule has 2 N–H and O–H groups in total. The van der Waals surface area contributed by atoms with Crippen LogP contribution in [0.15, 0.2) is 18.2 Å². The lowest BCUT2D eigenvalue weighted by molar-refractivity contribution is 0.183. The SMILES string of the molecule is CCOc1ccc(-c2nnnn2CCOC)cc1N. The van der Waals surface area contributed by atoms with Gasteiger partial charge in [-0.05, 0) is 35.5 Å². The van der Waals surface area contributed by atoms with E-state index in [2.05, 4.69) is 15.5 Å². The van der Waals surface area contributed by atoms with Crippen molar-refractivity contribution in [2.75, 3.05) is 26.1 Å². The third-order valence-corrected chi connectivity index (χ3v) is 2.61. The van der Waals surface area contributed by atoms with Crippen LogP contribution in [0.25, 0.3) is 11.4 Å². The minimum Gasteiger partial charge on any atom is -0.492 e. The molecule has 0 amide bonds. The fourth-order valence-corrected chi connectivity index (χ4v) is 1.71. The highest BCUT2D eigenvalue weighted by Crippen LogP contribution is 2.27. The topological polar surface area (TPSA) is 88.1 Å². The molecule has 19 heavy (non-hydrogen) atoms. The Bertz CT molecular complexity index is 541. The fourth-order valence-electron chi connectivity index (χ4n) is 1.71. The van der Waals surface area contributed by atoms with Crippen molar-refractivity contribution in [1.29, 1.82) is 0 Å². The zero-order valence-electron chi connectivity index (χ0n) is 11.0. The Balaban J connectivity index is 2.26. The van der Waals surface area contributed by atoms with Crippen molar-refractivity contribution in [2.45, 2.75) is 13.5 Å². The van der Waals surface area contributed by atoms with E-state index in [1.54, 1.807) is 17.9 Å². The number of tetrazole rings is 1. The number of nitrogen functional groups attached to an aromatic ring is 1. The van der Waals surface area contributed by atoms with E-state index in [0.717, 1.165) is 5.56 Å². The van der Waals surface area contributed by atoms with E-state index in [1.807, 2.05) is 19.1 Å². The van der Waals surface area contributed by atoms with Gasteiger partial charge < -0.3 is 15.2 Å². The molecule has 2 aromatic rings. The maximum absolute atomic E-state index is 5.94. The van der Waals surface area contributed by atoms with Crippen LogP contribution in [0.3, 0.4) is 0 Å². The first-order valence-corrected chi connectivity index (χ1v) is 6.04. The van der Waals surface area contributed by atoms with Gasteiger partial charge in [0.1, 0.15) is 5.75 Å². The average Bonchev–Trinajstić information content (AvgIpc) is 2.87. The van der Waals surface area contributed by atoms with E-state index in [9.17, 15) is 0 Å². The van der Waals surface area contributed by atoms with Crippen molar-refractivity contribution in [3.63, 3.8) is 0 Å². The number of benzene rings is 1. The van der Waals surface area contributed by atoms with Gasteiger partial charge in [0.05, 0.1) is 25.4 Å². The van der Waals surface area contributed by atoms with Crippen molar-refractivity contribution in [3.8, 4) is 17.1 Å². The molecule has 0 bridgehead atoms. The summed E-state index contributed by atoms with van der Waals surface area (Å²) in [7, 11) is 1.64. The summed E-state index contributed by atoms with van der Waals surface area (Å²) in [6.07, 6.45) is 0. The lowest BCUT2D eigenvalue weighted by atomic mass is 10.2. The van der Waals surface area contributed by atoms with Crippen molar-refractivity contribution in [2.24, 2.45) is 0 Å². The van der Waals surface area contributed by atoms with Crippen LogP contribution in [0.1, 0.15) is 6.92 Å². The normalized spacial score (nSPS) is 10.6. The Morgan fingerprint density at radius 2 is 2.21 bits per heavy atom. The molecule has 0 unspecified atom stereocenters. The molecule has 0 fully saturated rings. The molecule has 0 spiro atoms. The number of aromatic nitrogens is 4. The van der Waals surface area contributed by atoms with Crippen LogP contribution in [0.5, 0.6) is 5.75 Å². The molecule has 102 valence electrons. The summed E-state index contributed by atoms with van der Waals surface area (Å²) < 4.78 is 12.1. The molecule has 0 atom stereocenters. The number of hydrogen-bond acceptors (Lipinski definition) is 6. The first kappa shape index (κ1) is 13.3. The van der Waals surface area contributed by atoms with Gasteiger partial charge in [0.15, 0.2) is 5.82 Å². The Labute approximate surface area is 111 Å². The smallest absolute Gasteiger partial charge is 0.182 e. The molecule has 1 heterocycles. The lowest BCUT2D eigenvalue weighted by Gasteiger charge is -2.09. The quantitative estimate of drug-likeness (QED) is 0.781. The highest BCUT2D eigenvalue weighted by Gasteiger charge is 2.10. The highest BCUT2D eigenvalue weighted by atomic mass is 16.5. The summed E-state index contributed by atoms with van der Waals surface area (Å²) in [5, 5.41) is 11.6. The maximum Gasteiger partial charge on any atom is 0.182 e. The predicted octanol–water partition coefficient (Wildman–Crippen LogP) is 0.967. The molecular formula is C12H17N5O2. The maximum atomic E-state index is 5.94. The van der Waals surface area contributed by atoms with Crippen LogP contribution >= 0.6 is 0 Å². The van der Waals surface area contributed by atoms with Crippen LogP contribution in [0, 0.1) is 0 Å². The predicted molar refractivity (Wildman–Crippen MR) is 70.7 cm³/mol.